The zero-order valence-corrected chi connectivity index (χ0v) is 13.1. The fourth-order valence-corrected chi connectivity index (χ4v) is 3.78. The van der Waals surface area contributed by atoms with Crippen LogP contribution in [-0.4, -0.2) is 6.54 Å². The molecule has 1 N–H and O–H groups in total. The van der Waals surface area contributed by atoms with E-state index in [1.165, 1.54) is 44.1 Å². The van der Waals surface area contributed by atoms with E-state index >= 15 is 0 Å². The molecule has 112 valence electrons. The van der Waals surface area contributed by atoms with E-state index in [0.717, 1.165) is 17.7 Å². The Balaban J connectivity index is 2.32. The normalized spacial score (nSPS) is 18.8. The van der Waals surface area contributed by atoms with Crippen molar-refractivity contribution in [2.75, 3.05) is 6.54 Å². The molecule has 0 bridgehead atoms. The number of rotatable bonds is 4. The first-order chi connectivity index (χ1) is 9.63. The Morgan fingerprint density at radius 2 is 1.65 bits per heavy atom. The van der Waals surface area contributed by atoms with Gasteiger partial charge in [0.15, 0.2) is 0 Å². The van der Waals surface area contributed by atoms with E-state index in [-0.39, 0.29) is 5.82 Å². The molecule has 1 aromatic carbocycles. The van der Waals surface area contributed by atoms with Gasteiger partial charge in [-0.3, -0.25) is 0 Å². The smallest absolute Gasteiger partial charge is 0.123 e. The molecule has 0 aromatic heterocycles. The van der Waals surface area contributed by atoms with Gasteiger partial charge in [0.2, 0.25) is 0 Å². The molecule has 0 saturated heterocycles. The lowest BCUT2D eigenvalue weighted by molar-refractivity contribution is 0.328. The van der Waals surface area contributed by atoms with Gasteiger partial charge in [-0.05, 0) is 68.0 Å². The van der Waals surface area contributed by atoms with Crippen LogP contribution in [0.5, 0.6) is 0 Å². The summed E-state index contributed by atoms with van der Waals surface area (Å²) in [4.78, 5) is 0. The van der Waals surface area contributed by atoms with Crippen molar-refractivity contribution < 1.29 is 4.39 Å². The highest BCUT2D eigenvalue weighted by Gasteiger charge is 2.26. The minimum atomic E-state index is -0.111. The first-order valence-corrected chi connectivity index (χ1v) is 8.13. The first-order valence-electron chi connectivity index (χ1n) is 8.13. The van der Waals surface area contributed by atoms with Gasteiger partial charge >= 0.3 is 0 Å². The van der Waals surface area contributed by atoms with Crippen LogP contribution in [0.15, 0.2) is 12.1 Å². The van der Waals surface area contributed by atoms with Gasteiger partial charge < -0.3 is 5.32 Å². The van der Waals surface area contributed by atoms with Crippen LogP contribution < -0.4 is 5.32 Å². The quantitative estimate of drug-likeness (QED) is 0.758. The SMILES string of the molecule is CCNC(c1c(C)cc(F)cc1C)C1CCCCCC1. The van der Waals surface area contributed by atoms with Crippen LogP contribution >= 0.6 is 0 Å². The minimum Gasteiger partial charge on any atom is -0.310 e. The predicted octanol–water partition coefficient (Wildman–Crippen LogP) is 5.06. The predicted molar refractivity (Wildman–Crippen MR) is 83.5 cm³/mol. The zero-order valence-electron chi connectivity index (χ0n) is 13.1. The Bertz CT molecular complexity index is 410. The molecule has 0 aliphatic heterocycles. The third kappa shape index (κ3) is 3.60. The van der Waals surface area contributed by atoms with E-state index in [1.54, 1.807) is 12.1 Å². The first kappa shape index (κ1) is 15.5. The minimum absolute atomic E-state index is 0.111. The molecule has 1 nitrogen and oxygen atoms in total. The maximum atomic E-state index is 13.5. The molecule has 1 aliphatic carbocycles. The van der Waals surface area contributed by atoms with E-state index in [1.807, 2.05) is 13.8 Å². The maximum absolute atomic E-state index is 13.5. The van der Waals surface area contributed by atoms with E-state index in [4.69, 9.17) is 0 Å². The molecule has 0 heterocycles. The van der Waals surface area contributed by atoms with Gasteiger partial charge in [-0.2, -0.15) is 0 Å². The fraction of sp³-hybridized carbons (Fsp3) is 0.667. The highest BCUT2D eigenvalue weighted by molar-refractivity contribution is 5.37. The molecule has 1 unspecified atom stereocenters. The third-order valence-corrected chi connectivity index (χ3v) is 4.66. The number of benzene rings is 1. The lowest BCUT2D eigenvalue weighted by Gasteiger charge is -2.30. The second kappa shape index (κ2) is 7.21. The molecule has 1 aliphatic rings. The van der Waals surface area contributed by atoms with Gasteiger partial charge in [-0.1, -0.05) is 32.6 Å². The maximum Gasteiger partial charge on any atom is 0.123 e. The molecule has 0 spiro atoms. The summed E-state index contributed by atoms with van der Waals surface area (Å²) in [5, 5.41) is 3.68. The molecular weight excluding hydrogens is 249 g/mol. The molecule has 1 atom stereocenters. The second-order valence-corrected chi connectivity index (χ2v) is 6.24. The van der Waals surface area contributed by atoms with Crippen LogP contribution in [0, 0.1) is 25.6 Å². The molecule has 0 amide bonds. The van der Waals surface area contributed by atoms with Crippen LogP contribution in [0.1, 0.15) is 68.2 Å². The van der Waals surface area contributed by atoms with Crippen molar-refractivity contribution in [2.45, 2.75) is 65.3 Å². The zero-order chi connectivity index (χ0) is 14.5. The van der Waals surface area contributed by atoms with E-state index in [9.17, 15) is 4.39 Å². The number of hydrogen-bond donors (Lipinski definition) is 1. The molecule has 1 aromatic rings. The van der Waals surface area contributed by atoms with Crippen molar-refractivity contribution in [1.82, 2.24) is 5.32 Å². The Morgan fingerprint density at radius 3 is 2.15 bits per heavy atom. The molecule has 1 fully saturated rings. The molecule has 20 heavy (non-hydrogen) atoms. The monoisotopic (exact) mass is 277 g/mol. The summed E-state index contributed by atoms with van der Waals surface area (Å²) < 4.78 is 13.5. The van der Waals surface area contributed by atoms with Gasteiger partial charge in [-0.15, -0.1) is 0 Å². The summed E-state index contributed by atoms with van der Waals surface area (Å²) in [6, 6.07) is 3.76. The Kier molecular flexibility index (Phi) is 5.59. The molecule has 1 saturated carbocycles. The van der Waals surface area contributed by atoms with Gasteiger partial charge in [0.25, 0.3) is 0 Å². The highest BCUT2D eigenvalue weighted by Crippen LogP contribution is 2.36. The van der Waals surface area contributed by atoms with E-state index in [0.29, 0.717) is 12.0 Å². The van der Waals surface area contributed by atoms with Crippen LogP contribution in [0.2, 0.25) is 0 Å². The summed E-state index contributed by atoms with van der Waals surface area (Å²) >= 11 is 0. The van der Waals surface area contributed by atoms with Crippen molar-refractivity contribution in [1.29, 1.82) is 0 Å². The second-order valence-electron chi connectivity index (χ2n) is 6.24. The standard InChI is InChI=1S/C18H28FN/c1-4-20-18(15-9-7-5-6-8-10-15)17-13(2)11-16(19)12-14(17)3/h11-12,15,18,20H,4-10H2,1-3H3. The van der Waals surface area contributed by atoms with Crippen LogP contribution in [0.3, 0.4) is 0 Å². The summed E-state index contributed by atoms with van der Waals surface area (Å²) in [5.74, 6) is 0.583. The van der Waals surface area contributed by atoms with E-state index < -0.39 is 0 Å². The highest BCUT2D eigenvalue weighted by atomic mass is 19.1. The number of nitrogens with one attached hydrogen (secondary N) is 1. The summed E-state index contributed by atoms with van der Waals surface area (Å²) in [5.41, 5.74) is 3.52. The number of halogens is 1. The molecule has 2 rings (SSSR count). The molecular formula is C18H28FN. The summed E-state index contributed by atoms with van der Waals surface area (Å²) in [6.45, 7) is 7.23. The fourth-order valence-electron chi connectivity index (χ4n) is 3.78. The van der Waals surface area contributed by atoms with Crippen molar-refractivity contribution >= 4 is 0 Å². The number of aryl methyl sites for hydroxylation is 2. The van der Waals surface area contributed by atoms with Crippen LogP contribution in [0.4, 0.5) is 4.39 Å². The Labute approximate surface area is 123 Å². The van der Waals surface area contributed by atoms with Crippen molar-refractivity contribution in [2.24, 2.45) is 5.92 Å². The third-order valence-electron chi connectivity index (χ3n) is 4.66. The molecule has 0 radical (unpaired) electrons. The Hall–Kier alpha value is -0.890. The van der Waals surface area contributed by atoms with Gasteiger partial charge in [0, 0.05) is 6.04 Å². The van der Waals surface area contributed by atoms with Gasteiger partial charge in [-0.25, -0.2) is 4.39 Å². The largest absolute Gasteiger partial charge is 0.310 e. The van der Waals surface area contributed by atoms with Crippen molar-refractivity contribution in [3.8, 4) is 0 Å². The summed E-state index contributed by atoms with van der Waals surface area (Å²) in [6.07, 6.45) is 8.02. The lowest BCUT2D eigenvalue weighted by Crippen LogP contribution is -2.29. The number of hydrogen-bond acceptors (Lipinski definition) is 1. The average molecular weight is 277 g/mol. The molecule has 2 heteroatoms. The van der Waals surface area contributed by atoms with Gasteiger partial charge in [0.1, 0.15) is 5.82 Å². The Morgan fingerprint density at radius 1 is 1.10 bits per heavy atom. The van der Waals surface area contributed by atoms with E-state index in [2.05, 4.69) is 12.2 Å². The van der Waals surface area contributed by atoms with Crippen LogP contribution in [0.25, 0.3) is 0 Å². The average Bonchev–Trinajstić information content (AvgIpc) is 2.65. The topological polar surface area (TPSA) is 12.0 Å². The van der Waals surface area contributed by atoms with Crippen molar-refractivity contribution in [3.05, 3.63) is 34.6 Å². The van der Waals surface area contributed by atoms with Crippen LogP contribution in [-0.2, 0) is 0 Å². The lowest BCUT2D eigenvalue weighted by atomic mass is 9.83. The van der Waals surface area contributed by atoms with Gasteiger partial charge in [0.05, 0.1) is 0 Å². The summed E-state index contributed by atoms with van der Waals surface area (Å²) in [7, 11) is 0. The van der Waals surface area contributed by atoms with Crippen molar-refractivity contribution in [3.63, 3.8) is 0 Å².